The second-order valence-corrected chi connectivity index (χ2v) is 9.61. The maximum atomic E-state index is 14.5. The van der Waals surface area contributed by atoms with E-state index in [2.05, 4.69) is 9.97 Å². The van der Waals surface area contributed by atoms with Crippen LogP contribution in [0.2, 0.25) is 5.02 Å². The van der Waals surface area contributed by atoms with Crippen LogP contribution in [0.5, 0.6) is 5.75 Å². The summed E-state index contributed by atoms with van der Waals surface area (Å²) in [5.41, 5.74) is -4.52. The normalized spacial score (nSPS) is 17.8. The Morgan fingerprint density at radius 1 is 1.09 bits per heavy atom. The van der Waals surface area contributed by atoms with Crippen molar-refractivity contribution in [3.05, 3.63) is 58.0 Å². The summed E-state index contributed by atoms with van der Waals surface area (Å²) in [4.78, 5) is 6.20. The molecule has 3 aromatic rings. The van der Waals surface area contributed by atoms with Crippen molar-refractivity contribution in [1.82, 2.24) is 9.97 Å². The minimum Gasteiger partial charge on any atom is -0.493 e. The van der Waals surface area contributed by atoms with Gasteiger partial charge in [0, 0.05) is 34.5 Å². The molecular weight excluding hydrogens is 486 g/mol. The van der Waals surface area contributed by atoms with Gasteiger partial charge >= 0.3 is 12.4 Å². The predicted molar refractivity (Wildman–Crippen MR) is 114 cm³/mol. The molecule has 184 valence electrons. The van der Waals surface area contributed by atoms with Crippen LogP contribution < -0.4 is 4.74 Å². The summed E-state index contributed by atoms with van der Waals surface area (Å²) in [5, 5.41) is 11.4. The first-order valence-corrected chi connectivity index (χ1v) is 10.8. The van der Waals surface area contributed by atoms with Crippen molar-refractivity contribution >= 4 is 22.5 Å². The van der Waals surface area contributed by atoms with Crippen molar-refractivity contribution in [2.45, 2.75) is 56.5 Å². The molecule has 11 heteroatoms. The molecular formula is C23H21ClF6N2O2. The van der Waals surface area contributed by atoms with Crippen LogP contribution in [0.1, 0.15) is 42.8 Å². The molecule has 2 atom stereocenters. The fourth-order valence-corrected chi connectivity index (χ4v) is 4.84. The number of aliphatic hydroxyl groups is 1. The SMILES string of the molecule is CC(O)(Cc1cc2cc(C(F)(F)F)ncc2[nH]1)CC(C)(c1cc(Cl)cc2c1OCC2)C(F)(F)F. The summed E-state index contributed by atoms with van der Waals surface area (Å²) in [6.07, 6.45) is -8.96. The molecule has 0 bridgehead atoms. The minimum absolute atomic E-state index is 0.122. The first kappa shape index (κ1) is 24.7. The van der Waals surface area contributed by atoms with Crippen molar-refractivity contribution in [2.24, 2.45) is 0 Å². The van der Waals surface area contributed by atoms with Gasteiger partial charge in [-0.1, -0.05) is 11.6 Å². The van der Waals surface area contributed by atoms with Gasteiger partial charge in [-0.15, -0.1) is 0 Å². The Morgan fingerprint density at radius 3 is 2.44 bits per heavy atom. The fraction of sp³-hybridized carbons (Fsp3) is 0.435. The van der Waals surface area contributed by atoms with E-state index in [-0.39, 0.29) is 46.0 Å². The molecule has 0 saturated heterocycles. The van der Waals surface area contributed by atoms with Gasteiger partial charge in [0.25, 0.3) is 0 Å². The molecule has 1 aliphatic rings. The number of aromatic nitrogens is 2. The number of halogens is 7. The first-order chi connectivity index (χ1) is 15.6. The van der Waals surface area contributed by atoms with Crippen molar-refractivity contribution in [3.63, 3.8) is 0 Å². The number of hydrogen-bond donors (Lipinski definition) is 2. The molecule has 0 aliphatic carbocycles. The molecule has 4 rings (SSSR count). The number of aromatic amines is 1. The number of fused-ring (bicyclic) bond motifs is 2. The van der Waals surface area contributed by atoms with Crippen molar-refractivity contribution in [2.75, 3.05) is 6.61 Å². The lowest BCUT2D eigenvalue weighted by Crippen LogP contribution is -2.47. The van der Waals surface area contributed by atoms with E-state index in [0.29, 0.717) is 12.0 Å². The Labute approximate surface area is 195 Å². The number of alkyl halides is 6. The van der Waals surface area contributed by atoms with Gasteiger partial charge in [0.2, 0.25) is 0 Å². The highest BCUT2D eigenvalue weighted by Crippen LogP contribution is 2.51. The summed E-state index contributed by atoms with van der Waals surface area (Å²) >= 11 is 6.10. The highest BCUT2D eigenvalue weighted by molar-refractivity contribution is 6.30. The van der Waals surface area contributed by atoms with Gasteiger partial charge in [0.05, 0.1) is 29.3 Å². The average molecular weight is 507 g/mol. The van der Waals surface area contributed by atoms with Crippen molar-refractivity contribution < 1.29 is 36.2 Å². The van der Waals surface area contributed by atoms with Gasteiger partial charge in [-0.25, -0.2) is 4.98 Å². The molecule has 34 heavy (non-hydrogen) atoms. The molecule has 2 unspecified atom stereocenters. The second kappa shape index (κ2) is 8.05. The summed E-state index contributed by atoms with van der Waals surface area (Å²) in [5.74, 6) is 0.122. The molecule has 1 aliphatic heterocycles. The van der Waals surface area contributed by atoms with Crippen LogP contribution in [0.25, 0.3) is 10.9 Å². The number of H-pyrrole nitrogens is 1. The van der Waals surface area contributed by atoms with E-state index < -0.39 is 35.5 Å². The Morgan fingerprint density at radius 2 is 1.79 bits per heavy atom. The minimum atomic E-state index is -4.76. The molecule has 2 aromatic heterocycles. The van der Waals surface area contributed by atoms with E-state index in [1.54, 1.807) is 6.07 Å². The quantitative estimate of drug-likeness (QED) is 0.395. The van der Waals surface area contributed by atoms with Gasteiger partial charge in [0.1, 0.15) is 11.4 Å². The second-order valence-electron chi connectivity index (χ2n) is 9.17. The van der Waals surface area contributed by atoms with Gasteiger partial charge < -0.3 is 14.8 Å². The molecule has 2 N–H and O–H groups in total. The molecule has 0 fully saturated rings. The Hall–Kier alpha value is -2.46. The molecule has 0 saturated carbocycles. The van der Waals surface area contributed by atoms with Crippen LogP contribution in [0.3, 0.4) is 0 Å². The maximum Gasteiger partial charge on any atom is 0.433 e. The standard InChI is InChI=1S/C23H21ClF6N2O2/c1-20(33,9-15-6-13-7-18(22(25,26)27)31-10-17(13)32-15)11-21(2,23(28,29)30)16-8-14(24)5-12-3-4-34-19(12)16/h5-8,10,32-33H,3-4,9,11H2,1-2H3. The number of pyridine rings is 1. The summed E-state index contributed by atoms with van der Waals surface area (Å²) in [6, 6.07) is 4.99. The van der Waals surface area contributed by atoms with Gasteiger partial charge in [-0.3, -0.25) is 0 Å². The molecule has 0 spiro atoms. The third-order valence-corrected chi connectivity index (χ3v) is 6.34. The lowest BCUT2D eigenvalue weighted by molar-refractivity contribution is -0.200. The molecule has 3 heterocycles. The zero-order valence-electron chi connectivity index (χ0n) is 18.2. The topological polar surface area (TPSA) is 58.1 Å². The third kappa shape index (κ3) is 4.57. The average Bonchev–Trinajstić information content (AvgIpc) is 3.29. The maximum absolute atomic E-state index is 14.5. The lowest BCUT2D eigenvalue weighted by atomic mass is 9.71. The van der Waals surface area contributed by atoms with Gasteiger partial charge in [0.15, 0.2) is 0 Å². The van der Waals surface area contributed by atoms with E-state index >= 15 is 0 Å². The number of nitrogens with one attached hydrogen (secondary N) is 1. The highest BCUT2D eigenvalue weighted by atomic mass is 35.5. The molecule has 1 aromatic carbocycles. The van der Waals surface area contributed by atoms with E-state index in [1.165, 1.54) is 19.1 Å². The number of nitrogens with zero attached hydrogens (tertiary/aromatic N) is 1. The number of hydrogen-bond acceptors (Lipinski definition) is 3. The largest absolute Gasteiger partial charge is 0.493 e. The summed E-state index contributed by atoms with van der Waals surface area (Å²) in [6.45, 7) is 2.48. The van der Waals surface area contributed by atoms with Crippen LogP contribution in [-0.2, 0) is 24.4 Å². The van der Waals surface area contributed by atoms with Crippen LogP contribution in [-0.4, -0.2) is 33.5 Å². The van der Waals surface area contributed by atoms with Gasteiger partial charge in [-0.05, 0) is 50.1 Å². The van der Waals surface area contributed by atoms with E-state index in [1.807, 2.05) is 0 Å². The molecule has 4 nitrogen and oxygen atoms in total. The zero-order valence-corrected chi connectivity index (χ0v) is 18.9. The van der Waals surface area contributed by atoms with E-state index in [0.717, 1.165) is 19.2 Å². The lowest BCUT2D eigenvalue weighted by Gasteiger charge is -2.39. The number of benzene rings is 1. The van der Waals surface area contributed by atoms with Crippen molar-refractivity contribution in [3.8, 4) is 5.75 Å². The van der Waals surface area contributed by atoms with Crippen LogP contribution in [0, 0.1) is 0 Å². The predicted octanol–water partition coefficient (Wildman–Crippen LogP) is 6.37. The van der Waals surface area contributed by atoms with E-state index in [9.17, 15) is 31.4 Å². The highest BCUT2D eigenvalue weighted by Gasteiger charge is 2.56. The van der Waals surface area contributed by atoms with Crippen LogP contribution in [0.15, 0.2) is 30.5 Å². The molecule has 0 amide bonds. The Bertz CT molecular complexity index is 1230. The van der Waals surface area contributed by atoms with Gasteiger partial charge in [-0.2, -0.15) is 26.3 Å². The summed E-state index contributed by atoms with van der Waals surface area (Å²) in [7, 11) is 0. The van der Waals surface area contributed by atoms with E-state index in [4.69, 9.17) is 16.3 Å². The monoisotopic (exact) mass is 506 g/mol. The number of ether oxygens (including phenoxy) is 1. The molecule has 0 radical (unpaired) electrons. The Kier molecular flexibility index (Phi) is 5.84. The summed E-state index contributed by atoms with van der Waals surface area (Å²) < 4.78 is 87.7. The smallest absolute Gasteiger partial charge is 0.433 e. The van der Waals surface area contributed by atoms with Crippen LogP contribution >= 0.6 is 11.6 Å². The first-order valence-electron chi connectivity index (χ1n) is 10.4. The van der Waals surface area contributed by atoms with Crippen molar-refractivity contribution in [1.29, 1.82) is 0 Å². The fourth-order valence-electron chi connectivity index (χ4n) is 4.60. The third-order valence-electron chi connectivity index (χ3n) is 6.13. The Balaban J connectivity index is 1.68. The zero-order chi connectivity index (χ0) is 25.1. The van der Waals surface area contributed by atoms with Crippen LogP contribution in [0.4, 0.5) is 26.3 Å². The number of rotatable bonds is 5.